The van der Waals surface area contributed by atoms with E-state index in [-0.39, 0.29) is 42.6 Å². The highest BCUT2D eigenvalue weighted by Gasteiger charge is 2.44. The first kappa shape index (κ1) is 26.9. The van der Waals surface area contributed by atoms with Crippen LogP contribution in [0.1, 0.15) is 62.6 Å². The third-order valence-electron chi connectivity index (χ3n) is 7.33. The minimum Gasteiger partial charge on any atom is -0.322 e. The molecule has 5 rings (SSSR count). The quantitative estimate of drug-likeness (QED) is 0.323. The van der Waals surface area contributed by atoms with Crippen molar-refractivity contribution in [3.63, 3.8) is 0 Å². The van der Waals surface area contributed by atoms with Gasteiger partial charge in [-0.15, -0.1) is 0 Å². The average molecular weight is 549 g/mol. The Labute approximate surface area is 219 Å². The molecule has 3 heterocycles. The van der Waals surface area contributed by atoms with Crippen LogP contribution in [0.5, 0.6) is 0 Å². The number of carbonyl (C=O) groups excluding carboxylic acids is 4. The van der Waals surface area contributed by atoms with Gasteiger partial charge in [0.15, 0.2) is 5.78 Å². The number of fused-ring (bicyclic) bond motifs is 1. The number of piperidine rings is 1. The van der Waals surface area contributed by atoms with E-state index in [0.29, 0.717) is 11.1 Å². The molecule has 0 radical (unpaired) electrons. The van der Waals surface area contributed by atoms with E-state index in [1.54, 1.807) is 0 Å². The van der Waals surface area contributed by atoms with E-state index in [4.69, 9.17) is 0 Å². The zero-order valence-corrected chi connectivity index (χ0v) is 20.6. The number of rotatable bonds is 7. The van der Waals surface area contributed by atoms with Crippen LogP contribution in [-0.2, 0) is 22.7 Å². The first-order valence-electron chi connectivity index (χ1n) is 12.4. The van der Waals surface area contributed by atoms with Crippen LogP contribution in [-0.4, -0.2) is 64.5 Å². The number of hydrogen-bond donors (Lipinski definition) is 1. The lowest BCUT2D eigenvalue weighted by atomic mass is 9.89. The Bertz CT molecular complexity index is 1330. The smallest absolute Gasteiger partial charge is 0.322 e. The fourth-order valence-electron chi connectivity index (χ4n) is 5.31. The van der Waals surface area contributed by atoms with Crippen LogP contribution in [0.25, 0.3) is 0 Å². The number of imide groups is 1. The van der Waals surface area contributed by atoms with Crippen molar-refractivity contribution in [2.45, 2.75) is 56.4 Å². The van der Waals surface area contributed by atoms with Crippen molar-refractivity contribution in [2.75, 3.05) is 13.1 Å². The number of amides is 3. The van der Waals surface area contributed by atoms with Crippen molar-refractivity contribution in [3.05, 3.63) is 70.3 Å². The van der Waals surface area contributed by atoms with Gasteiger partial charge < -0.3 is 4.90 Å². The van der Waals surface area contributed by atoms with Crippen molar-refractivity contribution in [2.24, 2.45) is 0 Å². The Morgan fingerprint density at radius 1 is 1.05 bits per heavy atom. The van der Waals surface area contributed by atoms with E-state index in [1.165, 1.54) is 52.3 Å². The molecule has 2 aromatic carbocycles. The zero-order chi connectivity index (χ0) is 28.1. The van der Waals surface area contributed by atoms with Gasteiger partial charge >= 0.3 is 6.18 Å². The molecule has 0 aliphatic carbocycles. The monoisotopic (exact) mass is 549 g/mol. The van der Waals surface area contributed by atoms with E-state index in [0.717, 1.165) is 0 Å². The molecule has 0 bridgehead atoms. The van der Waals surface area contributed by atoms with Gasteiger partial charge in [-0.3, -0.25) is 29.4 Å². The summed E-state index contributed by atoms with van der Waals surface area (Å²) in [5, 5.41) is 2.19. The highest BCUT2D eigenvalue weighted by Crippen LogP contribution is 2.39. The number of halogens is 5. The molecule has 3 aliphatic heterocycles. The molecule has 2 fully saturated rings. The molecule has 1 unspecified atom stereocenters. The van der Waals surface area contributed by atoms with Crippen molar-refractivity contribution in [1.29, 1.82) is 0 Å². The van der Waals surface area contributed by atoms with Crippen LogP contribution in [0, 0.1) is 0 Å². The predicted molar refractivity (Wildman–Crippen MR) is 127 cm³/mol. The third-order valence-corrected chi connectivity index (χ3v) is 7.33. The van der Waals surface area contributed by atoms with Crippen LogP contribution in [0.15, 0.2) is 42.5 Å². The first-order chi connectivity index (χ1) is 18.3. The molecule has 2 saturated heterocycles. The van der Waals surface area contributed by atoms with Crippen molar-refractivity contribution < 1.29 is 41.1 Å². The van der Waals surface area contributed by atoms with E-state index < -0.39 is 67.1 Å². The third kappa shape index (κ3) is 5.56. The molecule has 2 atom stereocenters. The summed E-state index contributed by atoms with van der Waals surface area (Å²) in [6, 6.07) is 8.60. The standard InChI is InChI=1S/C27H24F5N3O4/c28-26(29)13-34(14-26)11-15-1-3-16(4-2-15)20(27(30,31)32)10-22(36)17-5-6-19-18(9-17)12-35(25(19)39)21-7-8-23(37)33-24(21)38/h1-6,9,20-21H,7-8,10-14H2,(H,33,37,38)/t20-,21?/m1/s1. The van der Waals surface area contributed by atoms with E-state index in [9.17, 15) is 41.1 Å². The molecular formula is C27H24F5N3O4. The first-order valence-corrected chi connectivity index (χ1v) is 12.4. The normalized spacial score (nSPS) is 21.8. The minimum absolute atomic E-state index is 0.00528. The summed E-state index contributed by atoms with van der Waals surface area (Å²) in [5.41, 5.74) is 1.15. The highest BCUT2D eigenvalue weighted by molar-refractivity contribution is 6.06. The maximum absolute atomic E-state index is 14.0. The summed E-state index contributed by atoms with van der Waals surface area (Å²) in [4.78, 5) is 52.2. The molecule has 3 amide bonds. The molecule has 0 saturated carbocycles. The number of Topliss-reactive ketones (excluding diaryl/α,β-unsaturated/α-hetero) is 1. The summed E-state index contributed by atoms with van der Waals surface area (Å²) in [7, 11) is 0. The average Bonchev–Trinajstić information content (AvgIpc) is 3.16. The van der Waals surface area contributed by atoms with E-state index in [1.807, 2.05) is 0 Å². The summed E-state index contributed by atoms with van der Waals surface area (Å²) in [6.45, 7) is -0.609. The summed E-state index contributed by atoms with van der Waals surface area (Å²) >= 11 is 0. The number of likely N-dealkylation sites (tertiary alicyclic amines) is 1. The van der Waals surface area contributed by atoms with Gasteiger partial charge in [-0.25, -0.2) is 8.78 Å². The lowest BCUT2D eigenvalue weighted by Gasteiger charge is -2.38. The molecule has 7 nitrogen and oxygen atoms in total. The van der Waals surface area contributed by atoms with Crippen LogP contribution < -0.4 is 5.32 Å². The highest BCUT2D eigenvalue weighted by atomic mass is 19.4. The number of alkyl halides is 5. The number of nitrogens with zero attached hydrogens (tertiary/aromatic N) is 2. The summed E-state index contributed by atoms with van der Waals surface area (Å²) in [6.07, 6.45) is -5.34. The Kier molecular flexibility index (Phi) is 6.78. The van der Waals surface area contributed by atoms with Gasteiger partial charge in [0.05, 0.1) is 19.0 Å². The van der Waals surface area contributed by atoms with Gasteiger partial charge in [-0.2, -0.15) is 13.2 Å². The summed E-state index contributed by atoms with van der Waals surface area (Å²) < 4.78 is 68.0. The van der Waals surface area contributed by atoms with Crippen LogP contribution in [0.4, 0.5) is 22.0 Å². The van der Waals surface area contributed by atoms with Crippen molar-refractivity contribution in [1.82, 2.24) is 15.1 Å². The van der Waals surface area contributed by atoms with Crippen LogP contribution >= 0.6 is 0 Å². The van der Waals surface area contributed by atoms with Gasteiger partial charge in [0.2, 0.25) is 11.8 Å². The Morgan fingerprint density at radius 3 is 2.36 bits per heavy atom. The lowest BCUT2D eigenvalue weighted by Crippen LogP contribution is -2.55. The van der Waals surface area contributed by atoms with Gasteiger partial charge in [-0.1, -0.05) is 30.3 Å². The fourth-order valence-corrected chi connectivity index (χ4v) is 5.31. The zero-order valence-electron chi connectivity index (χ0n) is 20.6. The minimum atomic E-state index is -4.72. The fraction of sp³-hybridized carbons (Fsp3) is 0.407. The number of hydrogen-bond acceptors (Lipinski definition) is 5. The maximum Gasteiger partial charge on any atom is 0.396 e. The molecule has 3 aliphatic rings. The second-order valence-corrected chi connectivity index (χ2v) is 10.2. The SMILES string of the molecule is O=C1CCC(N2Cc3cc(C(=O)C[C@H](c4ccc(CN5CC(F)(F)C5)cc4)C(F)(F)F)ccc3C2=O)C(=O)N1. The Morgan fingerprint density at radius 2 is 1.74 bits per heavy atom. The molecule has 39 heavy (non-hydrogen) atoms. The maximum atomic E-state index is 14.0. The molecule has 206 valence electrons. The van der Waals surface area contributed by atoms with E-state index >= 15 is 0 Å². The largest absolute Gasteiger partial charge is 0.396 e. The number of benzene rings is 2. The lowest BCUT2D eigenvalue weighted by molar-refractivity contribution is -0.150. The Hall–Kier alpha value is -3.67. The molecule has 1 N–H and O–H groups in total. The number of carbonyl (C=O) groups is 4. The number of nitrogens with one attached hydrogen (secondary N) is 1. The van der Waals surface area contributed by atoms with Crippen LogP contribution in [0.2, 0.25) is 0 Å². The molecule has 0 aromatic heterocycles. The molecule has 2 aromatic rings. The number of ketones is 1. The van der Waals surface area contributed by atoms with Gasteiger partial charge in [0.25, 0.3) is 11.8 Å². The van der Waals surface area contributed by atoms with Crippen molar-refractivity contribution in [3.8, 4) is 0 Å². The molecule has 12 heteroatoms. The van der Waals surface area contributed by atoms with Gasteiger partial charge in [-0.05, 0) is 35.2 Å². The van der Waals surface area contributed by atoms with E-state index in [2.05, 4.69) is 5.32 Å². The van der Waals surface area contributed by atoms with Gasteiger partial charge in [0.1, 0.15) is 6.04 Å². The second kappa shape index (κ2) is 9.82. The van der Waals surface area contributed by atoms with Gasteiger partial charge in [0, 0.05) is 37.1 Å². The van der Waals surface area contributed by atoms with Crippen molar-refractivity contribution >= 4 is 23.5 Å². The molecular weight excluding hydrogens is 525 g/mol. The van der Waals surface area contributed by atoms with Crippen LogP contribution in [0.3, 0.4) is 0 Å². The topological polar surface area (TPSA) is 86.8 Å². The second-order valence-electron chi connectivity index (χ2n) is 10.2. The Balaban J connectivity index is 1.28. The molecule has 0 spiro atoms. The summed E-state index contributed by atoms with van der Waals surface area (Å²) in [5.74, 6) is -7.06. The predicted octanol–water partition coefficient (Wildman–Crippen LogP) is 3.82.